The van der Waals surface area contributed by atoms with Gasteiger partial charge >= 0.3 is 0 Å². The van der Waals surface area contributed by atoms with Gasteiger partial charge in [-0.25, -0.2) is 4.98 Å². The number of hydrogen-bond acceptors (Lipinski definition) is 5. The number of pyridine rings is 1. The predicted octanol–water partition coefficient (Wildman–Crippen LogP) is 3.42. The number of hydrogen-bond donors (Lipinski definition) is 2. The van der Waals surface area contributed by atoms with Crippen molar-refractivity contribution in [2.24, 2.45) is 0 Å². The van der Waals surface area contributed by atoms with Crippen molar-refractivity contribution in [2.75, 3.05) is 10.6 Å². The first-order chi connectivity index (χ1) is 11.6. The van der Waals surface area contributed by atoms with Gasteiger partial charge in [-0.15, -0.1) is 11.3 Å². The topological polar surface area (TPSA) is 84.0 Å². The second-order valence-electron chi connectivity index (χ2n) is 4.99. The number of carbonyl (C=O) groups excluding carboxylic acids is 2. The minimum absolute atomic E-state index is 0.141. The maximum Gasteiger partial charge on any atom is 0.275 e. The van der Waals surface area contributed by atoms with Crippen LogP contribution in [0.5, 0.6) is 0 Å². The summed E-state index contributed by atoms with van der Waals surface area (Å²) in [6.07, 6.45) is 3.38. The monoisotopic (exact) mass is 338 g/mol. The second-order valence-corrected chi connectivity index (χ2v) is 5.84. The highest BCUT2D eigenvalue weighted by atomic mass is 32.1. The molecule has 3 aromatic rings. The lowest BCUT2D eigenvalue weighted by Gasteiger charge is -2.05. The van der Waals surface area contributed by atoms with E-state index in [0.717, 1.165) is 10.6 Å². The molecule has 0 saturated carbocycles. The van der Waals surface area contributed by atoms with Crippen molar-refractivity contribution in [1.29, 1.82) is 0 Å². The fraction of sp³-hybridized carbons (Fsp3) is 0.0588. The lowest BCUT2D eigenvalue weighted by Crippen LogP contribution is -2.12. The number of amides is 2. The van der Waals surface area contributed by atoms with Crippen LogP contribution in [0.4, 0.5) is 11.4 Å². The SMILES string of the molecule is CC(=O)Nc1ccc(NC(=O)c2csc(-c3ccncc3)n2)cc1. The van der Waals surface area contributed by atoms with Crippen LogP contribution in [-0.4, -0.2) is 21.8 Å². The molecular weight excluding hydrogens is 324 g/mol. The van der Waals surface area contributed by atoms with E-state index in [2.05, 4.69) is 20.6 Å². The van der Waals surface area contributed by atoms with Crippen LogP contribution in [0.3, 0.4) is 0 Å². The number of nitrogens with one attached hydrogen (secondary N) is 2. The Kier molecular flexibility index (Phi) is 4.62. The first-order valence-corrected chi connectivity index (χ1v) is 8.05. The van der Waals surface area contributed by atoms with Gasteiger partial charge in [0.05, 0.1) is 0 Å². The van der Waals surface area contributed by atoms with Gasteiger partial charge in [-0.2, -0.15) is 0 Å². The maximum atomic E-state index is 12.3. The quantitative estimate of drug-likeness (QED) is 0.763. The van der Waals surface area contributed by atoms with Gasteiger partial charge in [-0.3, -0.25) is 14.6 Å². The number of anilines is 2. The number of benzene rings is 1. The molecule has 0 aliphatic rings. The Balaban J connectivity index is 1.69. The van der Waals surface area contributed by atoms with Gasteiger partial charge in [-0.1, -0.05) is 0 Å². The third-order valence-electron chi connectivity index (χ3n) is 3.13. The highest BCUT2D eigenvalue weighted by molar-refractivity contribution is 7.13. The van der Waals surface area contributed by atoms with Crippen LogP contribution >= 0.6 is 11.3 Å². The zero-order valence-corrected chi connectivity index (χ0v) is 13.6. The van der Waals surface area contributed by atoms with Crippen molar-refractivity contribution in [3.8, 4) is 10.6 Å². The van der Waals surface area contributed by atoms with Crippen molar-refractivity contribution in [1.82, 2.24) is 9.97 Å². The Hall–Kier alpha value is -3.06. The Labute approximate surface area is 142 Å². The molecule has 2 heterocycles. The number of carbonyl (C=O) groups is 2. The fourth-order valence-electron chi connectivity index (χ4n) is 2.04. The lowest BCUT2D eigenvalue weighted by atomic mass is 10.2. The molecule has 0 aliphatic heterocycles. The largest absolute Gasteiger partial charge is 0.326 e. The minimum Gasteiger partial charge on any atom is -0.326 e. The number of aromatic nitrogens is 2. The predicted molar refractivity (Wildman–Crippen MR) is 94.0 cm³/mol. The average molecular weight is 338 g/mol. The van der Waals surface area contributed by atoms with Gasteiger partial charge in [-0.05, 0) is 36.4 Å². The molecule has 0 unspecified atom stereocenters. The first-order valence-electron chi connectivity index (χ1n) is 7.17. The normalized spacial score (nSPS) is 10.2. The van der Waals surface area contributed by atoms with Crippen molar-refractivity contribution < 1.29 is 9.59 Å². The van der Waals surface area contributed by atoms with E-state index in [4.69, 9.17) is 0 Å². The van der Waals surface area contributed by atoms with Gasteiger partial charge in [0.25, 0.3) is 5.91 Å². The smallest absolute Gasteiger partial charge is 0.275 e. The summed E-state index contributed by atoms with van der Waals surface area (Å²) in [6, 6.07) is 10.6. The van der Waals surface area contributed by atoms with E-state index in [1.807, 2.05) is 12.1 Å². The van der Waals surface area contributed by atoms with Crippen LogP contribution in [0.25, 0.3) is 10.6 Å². The molecule has 3 rings (SSSR count). The molecule has 120 valence electrons. The number of rotatable bonds is 4. The van der Waals surface area contributed by atoms with Gasteiger partial charge in [0, 0.05) is 41.6 Å². The molecule has 2 aromatic heterocycles. The van der Waals surface area contributed by atoms with E-state index in [1.165, 1.54) is 18.3 Å². The summed E-state index contributed by atoms with van der Waals surface area (Å²) in [5, 5.41) is 7.94. The number of thiazole rings is 1. The van der Waals surface area contributed by atoms with E-state index < -0.39 is 0 Å². The molecule has 1 aromatic carbocycles. The van der Waals surface area contributed by atoms with Gasteiger partial charge in [0.15, 0.2) is 0 Å². The summed E-state index contributed by atoms with van der Waals surface area (Å²) in [7, 11) is 0. The molecule has 0 spiro atoms. The third-order valence-corrected chi connectivity index (χ3v) is 4.02. The highest BCUT2D eigenvalue weighted by Gasteiger charge is 2.12. The van der Waals surface area contributed by atoms with E-state index in [9.17, 15) is 9.59 Å². The highest BCUT2D eigenvalue weighted by Crippen LogP contribution is 2.23. The summed E-state index contributed by atoms with van der Waals surface area (Å²) in [5.41, 5.74) is 2.59. The van der Waals surface area contributed by atoms with Crippen LogP contribution in [0.2, 0.25) is 0 Å². The van der Waals surface area contributed by atoms with Crippen LogP contribution in [-0.2, 0) is 4.79 Å². The van der Waals surface area contributed by atoms with Crippen LogP contribution in [0.1, 0.15) is 17.4 Å². The molecule has 0 atom stereocenters. The molecule has 24 heavy (non-hydrogen) atoms. The fourth-order valence-corrected chi connectivity index (χ4v) is 2.85. The van der Waals surface area contributed by atoms with Crippen molar-refractivity contribution >= 4 is 34.5 Å². The molecule has 0 saturated heterocycles. The summed E-state index contributed by atoms with van der Waals surface area (Å²) in [6.45, 7) is 1.44. The molecule has 2 N–H and O–H groups in total. The number of nitrogens with zero attached hydrogens (tertiary/aromatic N) is 2. The summed E-state index contributed by atoms with van der Waals surface area (Å²) < 4.78 is 0. The lowest BCUT2D eigenvalue weighted by molar-refractivity contribution is -0.114. The minimum atomic E-state index is -0.279. The van der Waals surface area contributed by atoms with Gasteiger partial charge in [0.1, 0.15) is 10.7 Å². The summed E-state index contributed by atoms with van der Waals surface area (Å²) >= 11 is 1.40. The second kappa shape index (κ2) is 7.01. The van der Waals surface area contributed by atoms with Gasteiger partial charge in [0.2, 0.25) is 5.91 Å². The van der Waals surface area contributed by atoms with E-state index >= 15 is 0 Å². The third kappa shape index (κ3) is 3.82. The first kappa shape index (κ1) is 15.8. The Morgan fingerprint density at radius 2 is 1.58 bits per heavy atom. The van der Waals surface area contributed by atoms with E-state index in [0.29, 0.717) is 17.1 Å². The molecule has 2 amide bonds. The Morgan fingerprint density at radius 3 is 2.21 bits per heavy atom. The van der Waals surface area contributed by atoms with Crippen molar-refractivity contribution in [3.05, 3.63) is 59.9 Å². The molecule has 0 radical (unpaired) electrons. The van der Waals surface area contributed by atoms with Crippen molar-refractivity contribution in [3.63, 3.8) is 0 Å². The molecule has 0 aliphatic carbocycles. The summed E-state index contributed by atoms with van der Waals surface area (Å²) in [5.74, 6) is -0.420. The zero-order valence-electron chi connectivity index (χ0n) is 12.8. The molecule has 0 bridgehead atoms. The summed E-state index contributed by atoms with van der Waals surface area (Å²) in [4.78, 5) is 31.6. The molecule has 6 nitrogen and oxygen atoms in total. The van der Waals surface area contributed by atoms with Crippen LogP contribution in [0, 0.1) is 0 Å². The molecule has 7 heteroatoms. The van der Waals surface area contributed by atoms with E-state index in [-0.39, 0.29) is 11.8 Å². The standard InChI is InChI=1S/C17H14N4O2S/c1-11(22)19-13-2-4-14(5-3-13)20-16(23)15-10-24-17(21-15)12-6-8-18-9-7-12/h2-10H,1H3,(H,19,22)(H,20,23). The zero-order chi connectivity index (χ0) is 16.9. The Bertz CT molecular complexity index is 860. The molecule has 0 fully saturated rings. The maximum absolute atomic E-state index is 12.3. The van der Waals surface area contributed by atoms with Gasteiger partial charge < -0.3 is 10.6 Å². The van der Waals surface area contributed by atoms with Crippen LogP contribution < -0.4 is 10.6 Å². The molecular formula is C17H14N4O2S. The van der Waals surface area contributed by atoms with Crippen molar-refractivity contribution in [2.45, 2.75) is 6.92 Å². The van der Waals surface area contributed by atoms with Crippen LogP contribution in [0.15, 0.2) is 54.2 Å². The average Bonchev–Trinajstić information content (AvgIpc) is 3.07. The van der Waals surface area contributed by atoms with E-state index in [1.54, 1.807) is 42.0 Å². The Morgan fingerprint density at radius 1 is 0.958 bits per heavy atom.